The number of benzene rings is 2. The first-order chi connectivity index (χ1) is 11.0. The molecule has 0 radical (unpaired) electrons. The van der Waals surface area contributed by atoms with Gasteiger partial charge in [-0.1, -0.05) is 38.1 Å². The molecule has 1 N–H and O–H groups in total. The minimum Gasteiger partial charge on any atom is -0.484 e. The van der Waals surface area contributed by atoms with Crippen LogP contribution in [0.5, 0.6) is 5.75 Å². The number of hydrazone groups is 1. The van der Waals surface area contributed by atoms with Crippen molar-refractivity contribution in [2.75, 3.05) is 6.61 Å². The van der Waals surface area contributed by atoms with Gasteiger partial charge in [0.25, 0.3) is 5.91 Å². The number of hydrogen-bond donors (Lipinski definition) is 1. The standard InChI is InChI=1S/C18H19FN2O2/c1-13(2)15-5-9-17(10-6-15)23-12-18(22)21-20-11-14-3-7-16(19)8-4-14/h3-11,13H,12H2,1-2H3,(H,21,22)/b20-11+. The van der Waals surface area contributed by atoms with Gasteiger partial charge < -0.3 is 4.74 Å². The molecule has 0 saturated heterocycles. The van der Waals surface area contributed by atoms with Gasteiger partial charge in [0, 0.05) is 0 Å². The Balaban J connectivity index is 1.77. The van der Waals surface area contributed by atoms with Crippen molar-refractivity contribution in [1.82, 2.24) is 5.43 Å². The molecule has 0 heterocycles. The average molecular weight is 314 g/mol. The largest absolute Gasteiger partial charge is 0.484 e. The molecule has 120 valence electrons. The Kier molecular flexibility index (Phi) is 5.86. The van der Waals surface area contributed by atoms with E-state index >= 15 is 0 Å². The molecule has 1 amide bonds. The molecule has 0 aliphatic rings. The highest BCUT2D eigenvalue weighted by Crippen LogP contribution is 2.18. The van der Waals surface area contributed by atoms with E-state index in [1.165, 1.54) is 23.9 Å². The molecular formula is C18H19FN2O2. The van der Waals surface area contributed by atoms with Crippen molar-refractivity contribution < 1.29 is 13.9 Å². The lowest BCUT2D eigenvalue weighted by Gasteiger charge is -2.08. The fourth-order valence-electron chi connectivity index (χ4n) is 1.86. The molecule has 0 aliphatic heterocycles. The summed E-state index contributed by atoms with van der Waals surface area (Å²) in [5, 5.41) is 3.79. The lowest BCUT2D eigenvalue weighted by atomic mass is 10.0. The molecule has 0 bridgehead atoms. The number of carbonyl (C=O) groups is 1. The summed E-state index contributed by atoms with van der Waals surface area (Å²) >= 11 is 0. The molecule has 0 atom stereocenters. The predicted octanol–water partition coefficient (Wildman–Crippen LogP) is 3.48. The zero-order chi connectivity index (χ0) is 16.7. The summed E-state index contributed by atoms with van der Waals surface area (Å²) in [6.45, 7) is 4.10. The van der Waals surface area contributed by atoms with Gasteiger partial charge in [-0.2, -0.15) is 5.10 Å². The fourth-order valence-corrected chi connectivity index (χ4v) is 1.86. The van der Waals surface area contributed by atoms with Crippen molar-refractivity contribution in [1.29, 1.82) is 0 Å². The van der Waals surface area contributed by atoms with Crippen molar-refractivity contribution in [3.8, 4) is 5.75 Å². The SMILES string of the molecule is CC(C)c1ccc(OCC(=O)N/N=C/c2ccc(F)cc2)cc1. The second-order valence-electron chi connectivity index (χ2n) is 5.36. The highest BCUT2D eigenvalue weighted by Gasteiger charge is 2.03. The Hall–Kier alpha value is -2.69. The maximum Gasteiger partial charge on any atom is 0.277 e. The van der Waals surface area contributed by atoms with Crippen molar-refractivity contribution in [2.24, 2.45) is 5.10 Å². The Labute approximate surface area is 135 Å². The van der Waals surface area contributed by atoms with E-state index in [2.05, 4.69) is 24.4 Å². The molecular weight excluding hydrogens is 295 g/mol. The first kappa shape index (κ1) is 16.7. The number of hydrogen-bond acceptors (Lipinski definition) is 3. The topological polar surface area (TPSA) is 50.7 Å². The Morgan fingerprint density at radius 3 is 2.43 bits per heavy atom. The van der Waals surface area contributed by atoms with Crippen LogP contribution in [0.3, 0.4) is 0 Å². The van der Waals surface area contributed by atoms with Gasteiger partial charge in [0.15, 0.2) is 6.61 Å². The molecule has 0 fully saturated rings. The summed E-state index contributed by atoms with van der Waals surface area (Å²) in [5.74, 6) is 0.402. The van der Waals surface area contributed by atoms with Crippen molar-refractivity contribution in [2.45, 2.75) is 19.8 Å². The molecule has 0 spiro atoms. The van der Waals surface area contributed by atoms with Crippen LogP contribution >= 0.6 is 0 Å². The highest BCUT2D eigenvalue weighted by atomic mass is 19.1. The summed E-state index contributed by atoms with van der Waals surface area (Å²) in [6, 6.07) is 13.4. The van der Waals surface area contributed by atoms with Crippen LogP contribution in [-0.2, 0) is 4.79 Å². The van der Waals surface area contributed by atoms with E-state index in [1.54, 1.807) is 12.1 Å². The van der Waals surface area contributed by atoms with E-state index in [-0.39, 0.29) is 18.3 Å². The van der Waals surface area contributed by atoms with Gasteiger partial charge in [0.05, 0.1) is 6.21 Å². The number of nitrogens with zero attached hydrogens (tertiary/aromatic N) is 1. The van der Waals surface area contributed by atoms with Crippen LogP contribution in [0.25, 0.3) is 0 Å². The second kappa shape index (κ2) is 8.08. The van der Waals surface area contributed by atoms with Crippen LogP contribution in [0.4, 0.5) is 4.39 Å². The highest BCUT2D eigenvalue weighted by molar-refractivity contribution is 5.82. The van der Waals surface area contributed by atoms with E-state index in [0.717, 1.165) is 0 Å². The maximum atomic E-state index is 12.7. The van der Waals surface area contributed by atoms with Crippen LogP contribution in [0.15, 0.2) is 53.6 Å². The van der Waals surface area contributed by atoms with Crippen LogP contribution in [0.2, 0.25) is 0 Å². The molecule has 0 unspecified atom stereocenters. The summed E-state index contributed by atoms with van der Waals surface area (Å²) < 4.78 is 18.1. The van der Waals surface area contributed by atoms with Crippen molar-refractivity contribution in [3.63, 3.8) is 0 Å². The van der Waals surface area contributed by atoms with Gasteiger partial charge in [-0.15, -0.1) is 0 Å². The molecule has 2 rings (SSSR count). The Morgan fingerprint density at radius 1 is 1.17 bits per heavy atom. The lowest BCUT2D eigenvalue weighted by Crippen LogP contribution is -2.24. The van der Waals surface area contributed by atoms with Crippen LogP contribution in [-0.4, -0.2) is 18.7 Å². The summed E-state index contributed by atoms with van der Waals surface area (Å²) in [7, 11) is 0. The monoisotopic (exact) mass is 314 g/mol. The number of halogens is 1. The van der Waals surface area contributed by atoms with E-state index in [4.69, 9.17) is 4.74 Å². The van der Waals surface area contributed by atoms with Crippen LogP contribution < -0.4 is 10.2 Å². The number of amides is 1. The normalized spacial score (nSPS) is 11.0. The van der Waals surface area contributed by atoms with Crippen molar-refractivity contribution >= 4 is 12.1 Å². The molecule has 5 heteroatoms. The molecule has 4 nitrogen and oxygen atoms in total. The van der Waals surface area contributed by atoms with Gasteiger partial charge in [0.2, 0.25) is 0 Å². The molecule has 0 aromatic heterocycles. The summed E-state index contributed by atoms with van der Waals surface area (Å²) in [5.41, 5.74) is 4.26. The summed E-state index contributed by atoms with van der Waals surface area (Å²) in [6.07, 6.45) is 1.44. The van der Waals surface area contributed by atoms with E-state index < -0.39 is 0 Å². The lowest BCUT2D eigenvalue weighted by molar-refractivity contribution is -0.123. The van der Waals surface area contributed by atoms with Crippen molar-refractivity contribution in [3.05, 3.63) is 65.5 Å². The van der Waals surface area contributed by atoms with Crippen LogP contribution in [0.1, 0.15) is 30.9 Å². The second-order valence-corrected chi connectivity index (χ2v) is 5.36. The minimum atomic E-state index is -0.365. The molecule has 2 aromatic rings. The third kappa shape index (κ3) is 5.54. The zero-order valence-electron chi connectivity index (χ0n) is 13.1. The van der Waals surface area contributed by atoms with Gasteiger partial charge >= 0.3 is 0 Å². The quantitative estimate of drug-likeness (QED) is 0.655. The van der Waals surface area contributed by atoms with Crippen LogP contribution in [0, 0.1) is 5.82 Å². The maximum absolute atomic E-state index is 12.7. The van der Waals surface area contributed by atoms with Gasteiger partial charge in [-0.3, -0.25) is 4.79 Å². The smallest absolute Gasteiger partial charge is 0.277 e. The number of carbonyl (C=O) groups excluding carboxylic acids is 1. The first-order valence-corrected chi connectivity index (χ1v) is 7.35. The third-order valence-electron chi connectivity index (χ3n) is 3.19. The number of ether oxygens (including phenoxy) is 1. The van der Waals surface area contributed by atoms with E-state index in [0.29, 0.717) is 17.2 Å². The molecule has 0 saturated carbocycles. The number of rotatable bonds is 6. The third-order valence-corrected chi connectivity index (χ3v) is 3.19. The Bertz CT molecular complexity index is 664. The number of nitrogens with one attached hydrogen (secondary N) is 1. The fraction of sp³-hybridized carbons (Fsp3) is 0.222. The average Bonchev–Trinajstić information content (AvgIpc) is 2.55. The van der Waals surface area contributed by atoms with E-state index in [9.17, 15) is 9.18 Å². The van der Waals surface area contributed by atoms with Gasteiger partial charge in [-0.05, 0) is 41.3 Å². The first-order valence-electron chi connectivity index (χ1n) is 7.35. The summed E-state index contributed by atoms with van der Waals surface area (Å²) in [4.78, 5) is 11.6. The molecule has 2 aromatic carbocycles. The Morgan fingerprint density at radius 2 is 1.83 bits per heavy atom. The van der Waals surface area contributed by atoms with Gasteiger partial charge in [0.1, 0.15) is 11.6 Å². The predicted molar refractivity (Wildman–Crippen MR) is 88.2 cm³/mol. The van der Waals surface area contributed by atoms with E-state index in [1.807, 2.05) is 24.3 Å². The molecule has 23 heavy (non-hydrogen) atoms. The van der Waals surface area contributed by atoms with Gasteiger partial charge in [-0.25, -0.2) is 9.82 Å². The zero-order valence-corrected chi connectivity index (χ0v) is 13.1. The minimum absolute atomic E-state index is 0.123. The molecule has 0 aliphatic carbocycles.